The number of piperazine rings is 1. The lowest BCUT2D eigenvalue weighted by Gasteiger charge is -2.42. The van der Waals surface area contributed by atoms with E-state index in [1.165, 1.54) is 0 Å². The van der Waals surface area contributed by atoms with Crippen LogP contribution >= 0.6 is 0 Å². The number of hydrogen-bond donors (Lipinski definition) is 1. The summed E-state index contributed by atoms with van der Waals surface area (Å²) in [7, 11) is 1.68. The second-order valence-electron chi connectivity index (χ2n) is 9.79. The van der Waals surface area contributed by atoms with E-state index in [-0.39, 0.29) is 41.5 Å². The molecule has 9 nitrogen and oxygen atoms in total. The van der Waals surface area contributed by atoms with Gasteiger partial charge in [0, 0.05) is 65.4 Å². The fourth-order valence-corrected chi connectivity index (χ4v) is 5.30. The Kier molecular flexibility index (Phi) is 7.85. The lowest BCUT2D eigenvalue weighted by atomic mass is 9.83. The van der Waals surface area contributed by atoms with Crippen molar-refractivity contribution in [3.05, 3.63) is 30.3 Å². The minimum atomic E-state index is -0.327. The monoisotopic (exact) mass is 471 g/mol. The van der Waals surface area contributed by atoms with Gasteiger partial charge in [0.05, 0.1) is 23.6 Å². The summed E-state index contributed by atoms with van der Waals surface area (Å²) in [6.07, 6.45) is 0.856. The van der Waals surface area contributed by atoms with Crippen molar-refractivity contribution in [2.75, 3.05) is 64.5 Å². The van der Waals surface area contributed by atoms with Gasteiger partial charge in [-0.1, -0.05) is 32.0 Å². The number of methoxy groups -OCH3 is 1. The molecule has 9 heteroatoms. The summed E-state index contributed by atoms with van der Waals surface area (Å²) in [5.41, 5.74) is 4.17. The molecule has 3 heterocycles. The van der Waals surface area contributed by atoms with Crippen molar-refractivity contribution in [2.24, 2.45) is 17.8 Å². The largest absolute Gasteiger partial charge is 0.385 e. The van der Waals surface area contributed by atoms with Crippen molar-refractivity contribution in [1.29, 1.82) is 0 Å². The van der Waals surface area contributed by atoms with Gasteiger partial charge in [-0.3, -0.25) is 14.4 Å². The number of piperidine rings is 1. The van der Waals surface area contributed by atoms with Crippen LogP contribution in [0.3, 0.4) is 0 Å². The number of hydrazine groups is 1. The first-order valence-corrected chi connectivity index (χ1v) is 12.3. The van der Waals surface area contributed by atoms with Gasteiger partial charge in [-0.05, 0) is 18.6 Å². The predicted octanol–water partition coefficient (Wildman–Crippen LogP) is 0.818. The summed E-state index contributed by atoms with van der Waals surface area (Å²) in [5.74, 6) is -0.438. The molecule has 34 heavy (non-hydrogen) atoms. The van der Waals surface area contributed by atoms with Crippen molar-refractivity contribution in [3.8, 4) is 0 Å². The Hall–Kier alpha value is -2.49. The number of amides is 3. The molecule has 4 rings (SSSR count). The first-order chi connectivity index (χ1) is 16.4. The lowest BCUT2D eigenvalue weighted by Crippen LogP contribution is -2.60. The molecular formula is C25H37N5O4. The number of nitrogens with zero attached hydrogens (tertiary/aromatic N) is 4. The maximum Gasteiger partial charge on any atom is 0.247 e. The van der Waals surface area contributed by atoms with Crippen LogP contribution in [0.1, 0.15) is 20.3 Å². The number of carbonyl (C=O) groups is 3. The number of benzene rings is 1. The zero-order valence-electron chi connectivity index (χ0n) is 20.5. The zero-order chi connectivity index (χ0) is 24.2. The Labute approximate surface area is 202 Å². The molecule has 186 valence electrons. The fourth-order valence-electron chi connectivity index (χ4n) is 5.30. The number of carbonyl (C=O) groups excluding carboxylic acids is 3. The number of anilines is 1. The van der Waals surface area contributed by atoms with Crippen LogP contribution in [-0.2, 0) is 19.1 Å². The summed E-state index contributed by atoms with van der Waals surface area (Å²) in [4.78, 5) is 45.4. The zero-order valence-corrected chi connectivity index (χ0v) is 20.5. The molecule has 0 spiro atoms. The number of nitrogens with one attached hydrogen (secondary N) is 1. The number of fused-ring (bicyclic) bond motifs is 1. The van der Waals surface area contributed by atoms with E-state index in [1.807, 2.05) is 54.0 Å². The lowest BCUT2D eigenvalue weighted by molar-refractivity contribution is -0.146. The van der Waals surface area contributed by atoms with Gasteiger partial charge in [0.1, 0.15) is 0 Å². The molecule has 1 N–H and O–H groups in total. The highest BCUT2D eigenvalue weighted by Crippen LogP contribution is 2.33. The van der Waals surface area contributed by atoms with Gasteiger partial charge in [0.25, 0.3) is 0 Å². The Morgan fingerprint density at radius 2 is 1.74 bits per heavy atom. The van der Waals surface area contributed by atoms with E-state index in [1.54, 1.807) is 12.1 Å². The van der Waals surface area contributed by atoms with Gasteiger partial charge in [-0.15, -0.1) is 0 Å². The summed E-state index contributed by atoms with van der Waals surface area (Å²) in [6, 6.07) is 9.30. The molecule has 3 atom stereocenters. The third-order valence-electron chi connectivity index (χ3n) is 7.14. The fraction of sp³-hybridized carbons (Fsp3) is 0.640. The Balaban J connectivity index is 1.49. The van der Waals surface area contributed by atoms with Crippen molar-refractivity contribution in [1.82, 2.24) is 20.1 Å². The third kappa shape index (κ3) is 5.11. The molecule has 3 aliphatic heterocycles. The number of likely N-dealkylation sites (tertiary alicyclic amines) is 1. The molecule has 0 radical (unpaired) electrons. The van der Waals surface area contributed by atoms with E-state index in [0.717, 1.165) is 18.7 Å². The predicted molar refractivity (Wildman–Crippen MR) is 129 cm³/mol. The minimum absolute atomic E-state index is 0.0118. The maximum absolute atomic E-state index is 13.7. The topological polar surface area (TPSA) is 85.4 Å². The highest BCUT2D eigenvalue weighted by Gasteiger charge is 2.51. The Morgan fingerprint density at radius 1 is 1.06 bits per heavy atom. The van der Waals surface area contributed by atoms with Gasteiger partial charge in [-0.2, -0.15) is 0 Å². The average Bonchev–Trinajstić information content (AvgIpc) is 3.19. The van der Waals surface area contributed by atoms with Gasteiger partial charge in [0.15, 0.2) is 0 Å². The summed E-state index contributed by atoms with van der Waals surface area (Å²) >= 11 is 0. The van der Waals surface area contributed by atoms with E-state index >= 15 is 0 Å². The molecule has 1 aromatic rings. The second kappa shape index (κ2) is 10.8. The van der Waals surface area contributed by atoms with Gasteiger partial charge < -0.3 is 19.4 Å². The molecule has 3 amide bonds. The molecule has 3 unspecified atom stereocenters. The standard InChI is InChI=1S/C25H37N5O4/c1-18(2)23(31)28-11-13-29(14-12-28)24(32)20-16-27(10-7-15-34-3)17-21-22(20)26-30(25(21)33)19-8-5-4-6-9-19/h4-6,8-9,18,20-22,26H,7,10-17H2,1-3H3. The number of rotatable bonds is 7. The first kappa shape index (κ1) is 24.6. The molecule has 0 aliphatic carbocycles. The SMILES string of the molecule is COCCCN1CC(C(=O)N2CCN(C(=O)C(C)C)CC2)C2NN(c3ccccc3)C(=O)C2C1. The summed E-state index contributed by atoms with van der Waals surface area (Å²) < 4.78 is 5.21. The normalized spacial score (nSPS) is 25.7. The smallest absolute Gasteiger partial charge is 0.247 e. The van der Waals surface area contributed by atoms with E-state index in [2.05, 4.69) is 10.3 Å². The summed E-state index contributed by atoms with van der Waals surface area (Å²) in [5, 5.41) is 1.62. The highest BCUT2D eigenvalue weighted by molar-refractivity contribution is 5.98. The quantitative estimate of drug-likeness (QED) is 0.593. The summed E-state index contributed by atoms with van der Waals surface area (Å²) in [6.45, 7) is 8.67. The van der Waals surface area contributed by atoms with E-state index in [9.17, 15) is 14.4 Å². The van der Waals surface area contributed by atoms with Crippen LogP contribution in [0, 0.1) is 17.8 Å². The van der Waals surface area contributed by atoms with Crippen molar-refractivity contribution in [3.63, 3.8) is 0 Å². The van der Waals surface area contributed by atoms with Crippen LogP contribution in [0.25, 0.3) is 0 Å². The highest BCUT2D eigenvalue weighted by atomic mass is 16.5. The van der Waals surface area contributed by atoms with E-state index in [0.29, 0.717) is 45.9 Å². The first-order valence-electron chi connectivity index (χ1n) is 12.3. The molecule has 0 aromatic heterocycles. The maximum atomic E-state index is 13.7. The van der Waals surface area contributed by atoms with Crippen LogP contribution < -0.4 is 10.4 Å². The van der Waals surface area contributed by atoms with E-state index in [4.69, 9.17) is 4.74 Å². The number of para-hydroxylation sites is 1. The van der Waals surface area contributed by atoms with E-state index < -0.39 is 0 Å². The van der Waals surface area contributed by atoms with Crippen LogP contribution in [0.4, 0.5) is 5.69 Å². The molecule has 0 bridgehead atoms. The molecule has 3 fully saturated rings. The van der Waals surface area contributed by atoms with Crippen LogP contribution in [-0.4, -0.2) is 98.0 Å². The van der Waals surface area contributed by atoms with Gasteiger partial charge >= 0.3 is 0 Å². The van der Waals surface area contributed by atoms with Crippen LogP contribution in [0.2, 0.25) is 0 Å². The second-order valence-corrected chi connectivity index (χ2v) is 9.79. The van der Waals surface area contributed by atoms with Gasteiger partial charge in [-0.25, -0.2) is 10.4 Å². The molecular weight excluding hydrogens is 434 g/mol. The molecule has 1 aromatic carbocycles. The minimum Gasteiger partial charge on any atom is -0.385 e. The van der Waals surface area contributed by atoms with Gasteiger partial charge in [0.2, 0.25) is 17.7 Å². The van der Waals surface area contributed by atoms with Crippen molar-refractivity contribution in [2.45, 2.75) is 26.3 Å². The molecule has 3 saturated heterocycles. The Bertz CT molecular complexity index is 871. The number of hydrogen-bond acceptors (Lipinski definition) is 6. The van der Waals surface area contributed by atoms with Crippen LogP contribution in [0.15, 0.2) is 30.3 Å². The average molecular weight is 472 g/mol. The third-order valence-corrected chi connectivity index (χ3v) is 7.14. The van der Waals surface area contributed by atoms with Crippen molar-refractivity contribution >= 4 is 23.4 Å². The Morgan fingerprint density at radius 3 is 2.38 bits per heavy atom. The molecule has 3 aliphatic rings. The van der Waals surface area contributed by atoms with Crippen molar-refractivity contribution < 1.29 is 19.1 Å². The van der Waals surface area contributed by atoms with Crippen LogP contribution in [0.5, 0.6) is 0 Å². The molecule has 0 saturated carbocycles. The number of ether oxygens (including phenoxy) is 1.